The lowest BCUT2D eigenvalue weighted by Crippen LogP contribution is -2.34. The molecule has 1 unspecified atom stereocenters. The molecule has 0 saturated heterocycles. The second-order valence-corrected chi connectivity index (χ2v) is 4.30. The van der Waals surface area contributed by atoms with Crippen molar-refractivity contribution in [2.75, 3.05) is 6.61 Å². The van der Waals surface area contributed by atoms with Crippen LogP contribution in [0.2, 0.25) is 0 Å². The second-order valence-electron chi connectivity index (χ2n) is 4.30. The van der Waals surface area contributed by atoms with Crippen LogP contribution in [-0.4, -0.2) is 31.4 Å². The predicted octanol–water partition coefficient (Wildman–Crippen LogP) is 2.55. The first-order valence-electron chi connectivity index (χ1n) is 6.51. The van der Waals surface area contributed by atoms with E-state index in [1.54, 1.807) is 18.2 Å². The standard InChI is InChI=1S/C14H18F2N2O3/c1-3-10(2)18-13(19)9-20-17-8-11-6-4-5-7-12(11)21-14(15)16/h4-8,10,14H,3,9H2,1-2H3,(H,18,19). The summed E-state index contributed by atoms with van der Waals surface area (Å²) in [4.78, 5) is 16.2. The van der Waals surface area contributed by atoms with Gasteiger partial charge in [-0.15, -0.1) is 0 Å². The number of nitrogens with one attached hydrogen (secondary N) is 1. The summed E-state index contributed by atoms with van der Waals surface area (Å²) in [5, 5.41) is 6.28. The van der Waals surface area contributed by atoms with Crippen LogP contribution in [0.3, 0.4) is 0 Å². The Bertz CT molecular complexity index is 481. The van der Waals surface area contributed by atoms with E-state index in [2.05, 4.69) is 15.2 Å². The molecule has 0 saturated carbocycles. The SMILES string of the molecule is CCC(C)NC(=O)CON=Cc1ccccc1OC(F)F. The topological polar surface area (TPSA) is 59.9 Å². The van der Waals surface area contributed by atoms with Crippen LogP contribution < -0.4 is 10.1 Å². The van der Waals surface area contributed by atoms with E-state index in [9.17, 15) is 13.6 Å². The molecule has 5 nitrogen and oxygen atoms in total. The van der Waals surface area contributed by atoms with Crippen LogP contribution >= 0.6 is 0 Å². The van der Waals surface area contributed by atoms with Gasteiger partial charge in [-0.1, -0.05) is 24.2 Å². The van der Waals surface area contributed by atoms with E-state index in [1.165, 1.54) is 12.3 Å². The number of oxime groups is 1. The van der Waals surface area contributed by atoms with Gasteiger partial charge in [-0.25, -0.2) is 0 Å². The number of rotatable bonds is 8. The molecular weight excluding hydrogens is 282 g/mol. The number of nitrogens with zero attached hydrogens (tertiary/aromatic N) is 1. The minimum Gasteiger partial charge on any atom is -0.434 e. The van der Waals surface area contributed by atoms with Crippen molar-refractivity contribution >= 4 is 12.1 Å². The van der Waals surface area contributed by atoms with Crippen LogP contribution in [0.5, 0.6) is 5.75 Å². The van der Waals surface area contributed by atoms with Crippen molar-refractivity contribution in [3.63, 3.8) is 0 Å². The van der Waals surface area contributed by atoms with Crippen molar-refractivity contribution in [3.05, 3.63) is 29.8 Å². The third-order valence-corrected chi connectivity index (χ3v) is 2.62. The zero-order valence-corrected chi connectivity index (χ0v) is 11.9. The van der Waals surface area contributed by atoms with E-state index in [0.717, 1.165) is 6.42 Å². The van der Waals surface area contributed by atoms with E-state index in [-0.39, 0.29) is 24.3 Å². The van der Waals surface area contributed by atoms with E-state index in [0.29, 0.717) is 5.56 Å². The normalized spacial score (nSPS) is 12.4. The molecule has 21 heavy (non-hydrogen) atoms. The molecule has 116 valence electrons. The fraction of sp³-hybridized carbons (Fsp3) is 0.429. The fourth-order valence-electron chi connectivity index (χ4n) is 1.40. The van der Waals surface area contributed by atoms with Gasteiger partial charge in [0.2, 0.25) is 0 Å². The molecule has 0 spiro atoms. The Labute approximate surface area is 121 Å². The van der Waals surface area contributed by atoms with Gasteiger partial charge in [-0.3, -0.25) is 4.79 Å². The number of halogens is 2. The summed E-state index contributed by atoms with van der Waals surface area (Å²) in [6.45, 7) is 0.670. The molecular formula is C14H18F2N2O3. The highest BCUT2D eigenvalue weighted by molar-refractivity contribution is 5.83. The van der Waals surface area contributed by atoms with E-state index < -0.39 is 6.61 Å². The number of amides is 1. The maximum Gasteiger partial charge on any atom is 0.387 e. The van der Waals surface area contributed by atoms with E-state index in [1.807, 2.05) is 13.8 Å². The maximum absolute atomic E-state index is 12.2. The Balaban J connectivity index is 2.48. The average molecular weight is 300 g/mol. The van der Waals surface area contributed by atoms with Gasteiger partial charge in [-0.2, -0.15) is 8.78 Å². The quantitative estimate of drug-likeness (QED) is 0.593. The molecule has 0 aliphatic carbocycles. The number of ether oxygens (including phenoxy) is 1. The third kappa shape index (κ3) is 6.69. The van der Waals surface area contributed by atoms with Gasteiger partial charge in [0.15, 0.2) is 6.61 Å². The number of hydrogen-bond acceptors (Lipinski definition) is 4. The molecule has 0 aromatic heterocycles. The average Bonchev–Trinajstić information content (AvgIpc) is 2.44. The fourth-order valence-corrected chi connectivity index (χ4v) is 1.40. The number of benzene rings is 1. The van der Waals surface area contributed by atoms with Gasteiger partial charge in [-0.05, 0) is 25.5 Å². The van der Waals surface area contributed by atoms with Crippen molar-refractivity contribution < 1.29 is 23.1 Å². The van der Waals surface area contributed by atoms with Crippen LogP contribution in [0.1, 0.15) is 25.8 Å². The Morgan fingerprint density at radius 2 is 2.14 bits per heavy atom. The van der Waals surface area contributed by atoms with Crippen LogP contribution in [0.4, 0.5) is 8.78 Å². The Hall–Kier alpha value is -2.18. The summed E-state index contributed by atoms with van der Waals surface area (Å²) < 4.78 is 28.7. The van der Waals surface area contributed by atoms with Crippen LogP contribution in [0, 0.1) is 0 Å². The molecule has 1 atom stereocenters. The van der Waals surface area contributed by atoms with Gasteiger partial charge in [0, 0.05) is 11.6 Å². The molecule has 0 bridgehead atoms. The van der Waals surface area contributed by atoms with Crippen molar-refractivity contribution in [3.8, 4) is 5.75 Å². The first-order valence-corrected chi connectivity index (χ1v) is 6.51. The van der Waals surface area contributed by atoms with Gasteiger partial charge < -0.3 is 14.9 Å². The van der Waals surface area contributed by atoms with Gasteiger partial charge in [0.1, 0.15) is 5.75 Å². The summed E-state index contributed by atoms with van der Waals surface area (Å²) in [6.07, 6.45) is 2.03. The Morgan fingerprint density at radius 3 is 2.81 bits per heavy atom. The minimum absolute atomic E-state index is 0.0103. The van der Waals surface area contributed by atoms with Crippen molar-refractivity contribution in [2.24, 2.45) is 5.16 Å². The first kappa shape index (κ1) is 16.9. The lowest BCUT2D eigenvalue weighted by Gasteiger charge is -2.10. The molecule has 0 aliphatic rings. The molecule has 0 radical (unpaired) electrons. The molecule has 1 aromatic carbocycles. The molecule has 1 N–H and O–H groups in total. The van der Waals surface area contributed by atoms with Crippen LogP contribution in [0.25, 0.3) is 0 Å². The highest BCUT2D eigenvalue weighted by Crippen LogP contribution is 2.18. The maximum atomic E-state index is 12.2. The van der Waals surface area contributed by atoms with Crippen LogP contribution in [-0.2, 0) is 9.63 Å². The third-order valence-electron chi connectivity index (χ3n) is 2.62. The molecule has 1 rings (SSSR count). The number of carbonyl (C=O) groups excluding carboxylic acids is 1. The number of para-hydroxylation sites is 1. The number of hydrogen-bond donors (Lipinski definition) is 1. The first-order chi connectivity index (χ1) is 10.0. The molecule has 0 heterocycles. The minimum atomic E-state index is -2.92. The molecule has 7 heteroatoms. The largest absolute Gasteiger partial charge is 0.434 e. The summed E-state index contributed by atoms with van der Waals surface area (Å²) in [5.74, 6) is -0.303. The summed E-state index contributed by atoms with van der Waals surface area (Å²) in [7, 11) is 0. The predicted molar refractivity (Wildman–Crippen MR) is 74.5 cm³/mol. The van der Waals surface area contributed by atoms with Crippen molar-refractivity contribution in [2.45, 2.75) is 32.9 Å². The highest BCUT2D eigenvalue weighted by Gasteiger charge is 2.08. The summed E-state index contributed by atoms with van der Waals surface area (Å²) in [6, 6.07) is 6.21. The van der Waals surface area contributed by atoms with Gasteiger partial charge in [0.05, 0.1) is 6.21 Å². The number of carbonyl (C=O) groups is 1. The summed E-state index contributed by atoms with van der Waals surface area (Å²) >= 11 is 0. The lowest BCUT2D eigenvalue weighted by atomic mass is 10.2. The summed E-state index contributed by atoms with van der Waals surface area (Å²) in [5.41, 5.74) is 0.333. The Kier molecular flexibility index (Phi) is 7.14. The van der Waals surface area contributed by atoms with Gasteiger partial charge in [0.25, 0.3) is 5.91 Å². The number of alkyl halides is 2. The molecule has 0 aliphatic heterocycles. The molecule has 0 fully saturated rings. The van der Waals surface area contributed by atoms with E-state index in [4.69, 9.17) is 4.84 Å². The zero-order valence-electron chi connectivity index (χ0n) is 11.9. The second kappa shape index (κ2) is 8.89. The van der Waals surface area contributed by atoms with Gasteiger partial charge >= 0.3 is 6.61 Å². The highest BCUT2D eigenvalue weighted by atomic mass is 19.3. The molecule has 1 amide bonds. The van der Waals surface area contributed by atoms with Crippen LogP contribution in [0.15, 0.2) is 29.4 Å². The lowest BCUT2D eigenvalue weighted by molar-refractivity contribution is -0.126. The Morgan fingerprint density at radius 1 is 1.43 bits per heavy atom. The van der Waals surface area contributed by atoms with Crippen molar-refractivity contribution in [1.82, 2.24) is 5.32 Å². The van der Waals surface area contributed by atoms with Crippen molar-refractivity contribution in [1.29, 1.82) is 0 Å². The monoisotopic (exact) mass is 300 g/mol. The molecule has 1 aromatic rings. The smallest absolute Gasteiger partial charge is 0.387 e. The van der Waals surface area contributed by atoms with E-state index >= 15 is 0 Å². The zero-order chi connectivity index (χ0) is 15.7.